The number of piperidine rings is 1. The second kappa shape index (κ2) is 5.51. The van der Waals surface area contributed by atoms with E-state index in [-0.39, 0.29) is 5.78 Å². The number of β-amino-alcohol motifs (C(OH)–C–C–N with tert-alkyl or cyclic N) is 1. The van der Waals surface area contributed by atoms with E-state index >= 15 is 0 Å². The molecule has 1 unspecified atom stereocenters. The Morgan fingerprint density at radius 2 is 2.33 bits per heavy atom. The summed E-state index contributed by atoms with van der Waals surface area (Å²) in [5.74, 6) is 0.178. The van der Waals surface area contributed by atoms with Gasteiger partial charge in [-0.3, -0.25) is 9.69 Å². The summed E-state index contributed by atoms with van der Waals surface area (Å²) in [6, 6.07) is 3.96. The molecule has 3 nitrogen and oxygen atoms in total. The van der Waals surface area contributed by atoms with Crippen LogP contribution in [0.15, 0.2) is 12.1 Å². The molecule has 2 rings (SSSR count). The minimum absolute atomic E-state index is 0.178. The maximum atomic E-state index is 12.1. The molecule has 0 spiro atoms. The fraction of sp³-hybridized carbons (Fsp3) is 0.643. The molecule has 4 heteroatoms. The van der Waals surface area contributed by atoms with E-state index in [1.54, 1.807) is 11.3 Å². The summed E-state index contributed by atoms with van der Waals surface area (Å²) in [7, 11) is 0. The Hall–Kier alpha value is -0.710. The Kier molecular flexibility index (Phi) is 4.20. The molecule has 2 heterocycles. The Morgan fingerprint density at radius 1 is 1.56 bits per heavy atom. The quantitative estimate of drug-likeness (QED) is 0.851. The van der Waals surface area contributed by atoms with E-state index < -0.39 is 5.60 Å². The van der Waals surface area contributed by atoms with Gasteiger partial charge < -0.3 is 5.11 Å². The summed E-state index contributed by atoms with van der Waals surface area (Å²) in [4.78, 5) is 16.3. The molecule has 0 amide bonds. The predicted molar refractivity (Wildman–Crippen MR) is 74.3 cm³/mol. The Bertz CT molecular complexity index is 425. The highest BCUT2D eigenvalue weighted by Gasteiger charge is 2.29. The van der Waals surface area contributed by atoms with Crippen LogP contribution in [0.5, 0.6) is 0 Å². The van der Waals surface area contributed by atoms with Gasteiger partial charge in [-0.15, -0.1) is 11.3 Å². The van der Waals surface area contributed by atoms with Crippen LogP contribution in [0.1, 0.15) is 41.2 Å². The van der Waals surface area contributed by atoms with Crippen molar-refractivity contribution in [2.24, 2.45) is 0 Å². The van der Waals surface area contributed by atoms with Crippen LogP contribution in [0, 0.1) is 0 Å². The van der Waals surface area contributed by atoms with Crippen LogP contribution < -0.4 is 0 Å². The van der Waals surface area contributed by atoms with Gasteiger partial charge in [0.2, 0.25) is 0 Å². The summed E-state index contributed by atoms with van der Waals surface area (Å²) in [6.45, 7) is 5.89. The number of Topliss-reactive ketones (excluding diaryl/α,β-unsaturated/α-hetero) is 1. The minimum Gasteiger partial charge on any atom is -0.389 e. The lowest BCUT2D eigenvalue weighted by Crippen LogP contribution is -2.47. The smallest absolute Gasteiger partial charge is 0.186 e. The SMILES string of the molecule is CCc1ccc(C(=O)CN2CCCC(C)(O)C2)s1. The van der Waals surface area contributed by atoms with Gasteiger partial charge in [0.25, 0.3) is 0 Å². The van der Waals surface area contributed by atoms with Crippen LogP contribution in [0.3, 0.4) is 0 Å². The molecule has 1 saturated heterocycles. The van der Waals surface area contributed by atoms with E-state index in [0.717, 1.165) is 30.7 Å². The summed E-state index contributed by atoms with van der Waals surface area (Å²) in [6.07, 6.45) is 2.78. The maximum absolute atomic E-state index is 12.1. The lowest BCUT2D eigenvalue weighted by atomic mass is 9.95. The first-order chi connectivity index (χ1) is 8.50. The molecule has 0 radical (unpaired) electrons. The zero-order chi connectivity index (χ0) is 13.2. The van der Waals surface area contributed by atoms with Gasteiger partial charge in [-0.1, -0.05) is 6.92 Å². The van der Waals surface area contributed by atoms with Crippen molar-refractivity contribution in [2.45, 2.75) is 38.7 Å². The average Bonchev–Trinajstić information content (AvgIpc) is 2.76. The molecule has 1 aliphatic rings. The van der Waals surface area contributed by atoms with Crippen molar-refractivity contribution in [1.82, 2.24) is 4.90 Å². The van der Waals surface area contributed by atoms with E-state index in [1.165, 1.54) is 4.88 Å². The van der Waals surface area contributed by atoms with Crippen LogP contribution in [-0.2, 0) is 6.42 Å². The Morgan fingerprint density at radius 3 is 2.94 bits per heavy atom. The van der Waals surface area contributed by atoms with Crippen molar-refractivity contribution in [2.75, 3.05) is 19.6 Å². The second-order valence-corrected chi connectivity index (χ2v) is 6.52. The first kappa shape index (κ1) is 13.7. The summed E-state index contributed by atoms with van der Waals surface area (Å²) >= 11 is 1.59. The van der Waals surface area contributed by atoms with Gasteiger partial charge in [-0.25, -0.2) is 0 Å². The molecule has 1 aromatic heterocycles. The summed E-state index contributed by atoms with van der Waals surface area (Å²) in [5.41, 5.74) is -0.636. The van der Waals surface area contributed by atoms with Crippen molar-refractivity contribution in [3.05, 3.63) is 21.9 Å². The standard InChI is InChI=1S/C14H21NO2S/c1-3-11-5-6-13(18-11)12(16)9-15-8-4-7-14(2,17)10-15/h5-6,17H,3-4,7-10H2,1-2H3. The minimum atomic E-state index is -0.636. The molecule has 0 aromatic carbocycles. The van der Waals surface area contributed by atoms with Crippen LogP contribution in [0.25, 0.3) is 0 Å². The third-order valence-electron chi connectivity index (χ3n) is 3.41. The van der Waals surface area contributed by atoms with E-state index in [0.29, 0.717) is 13.1 Å². The highest BCUT2D eigenvalue weighted by atomic mass is 32.1. The Balaban J connectivity index is 1.94. The number of nitrogens with zero attached hydrogens (tertiary/aromatic N) is 1. The number of carbonyl (C=O) groups excluding carboxylic acids is 1. The molecule has 1 aromatic rings. The molecule has 0 aliphatic carbocycles. The molecule has 1 N–H and O–H groups in total. The Labute approximate surface area is 112 Å². The number of aryl methyl sites for hydroxylation is 1. The highest BCUT2D eigenvalue weighted by Crippen LogP contribution is 2.22. The zero-order valence-corrected chi connectivity index (χ0v) is 11.9. The molecular formula is C14H21NO2S. The van der Waals surface area contributed by atoms with Crippen molar-refractivity contribution in [3.63, 3.8) is 0 Å². The third-order valence-corrected chi connectivity index (χ3v) is 4.68. The van der Waals surface area contributed by atoms with Crippen LogP contribution >= 0.6 is 11.3 Å². The number of likely N-dealkylation sites (tertiary alicyclic amines) is 1. The maximum Gasteiger partial charge on any atom is 0.186 e. The van der Waals surface area contributed by atoms with Gasteiger partial charge in [0.15, 0.2) is 5.78 Å². The summed E-state index contributed by atoms with van der Waals surface area (Å²) < 4.78 is 0. The summed E-state index contributed by atoms with van der Waals surface area (Å²) in [5, 5.41) is 10.0. The topological polar surface area (TPSA) is 40.5 Å². The van der Waals surface area contributed by atoms with Gasteiger partial charge in [-0.05, 0) is 44.9 Å². The van der Waals surface area contributed by atoms with Gasteiger partial charge >= 0.3 is 0 Å². The van der Waals surface area contributed by atoms with Gasteiger partial charge in [0.05, 0.1) is 17.0 Å². The van der Waals surface area contributed by atoms with Gasteiger partial charge in [-0.2, -0.15) is 0 Å². The van der Waals surface area contributed by atoms with Crippen LogP contribution in [0.4, 0.5) is 0 Å². The van der Waals surface area contributed by atoms with E-state index in [2.05, 4.69) is 11.8 Å². The number of rotatable bonds is 4. The lowest BCUT2D eigenvalue weighted by molar-refractivity contribution is -0.0132. The molecule has 1 atom stereocenters. The molecule has 0 bridgehead atoms. The lowest BCUT2D eigenvalue weighted by Gasteiger charge is -2.36. The van der Waals surface area contributed by atoms with Crippen molar-refractivity contribution in [3.8, 4) is 0 Å². The third kappa shape index (κ3) is 3.40. The van der Waals surface area contributed by atoms with Gasteiger partial charge in [0.1, 0.15) is 0 Å². The van der Waals surface area contributed by atoms with E-state index in [9.17, 15) is 9.90 Å². The predicted octanol–water partition coefficient (Wildman–Crippen LogP) is 2.34. The monoisotopic (exact) mass is 267 g/mol. The first-order valence-corrected chi connectivity index (χ1v) is 7.38. The van der Waals surface area contributed by atoms with Crippen LogP contribution in [-0.4, -0.2) is 41.0 Å². The molecule has 18 heavy (non-hydrogen) atoms. The average molecular weight is 267 g/mol. The van der Waals surface area contributed by atoms with Crippen molar-refractivity contribution in [1.29, 1.82) is 0 Å². The van der Waals surface area contributed by atoms with E-state index in [1.807, 2.05) is 19.1 Å². The van der Waals surface area contributed by atoms with Crippen molar-refractivity contribution < 1.29 is 9.90 Å². The number of thiophene rings is 1. The molecule has 1 aliphatic heterocycles. The zero-order valence-electron chi connectivity index (χ0n) is 11.1. The number of aliphatic hydroxyl groups is 1. The molecular weight excluding hydrogens is 246 g/mol. The fourth-order valence-electron chi connectivity index (χ4n) is 2.46. The molecule has 0 saturated carbocycles. The highest BCUT2D eigenvalue weighted by molar-refractivity contribution is 7.14. The van der Waals surface area contributed by atoms with Crippen LogP contribution in [0.2, 0.25) is 0 Å². The first-order valence-electron chi connectivity index (χ1n) is 6.57. The number of hydrogen-bond donors (Lipinski definition) is 1. The van der Waals surface area contributed by atoms with E-state index in [4.69, 9.17) is 0 Å². The second-order valence-electron chi connectivity index (χ2n) is 5.35. The largest absolute Gasteiger partial charge is 0.389 e. The normalized spacial score (nSPS) is 25.3. The number of carbonyl (C=O) groups is 1. The molecule has 100 valence electrons. The number of ketones is 1. The van der Waals surface area contributed by atoms with Crippen molar-refractivity contribution >= 4 is 17.1 Å². The fourth-order valence-corrected chi connectivity index (χ4v) is 3.33. The molecule has 1 fully saturated rings. The van der Waals surface area contributed by atoms with Gasteiger partial charge in [0, 0.05) is 11.4 Å². The number of hydrogen-bond acceptors (Lipinski definition) is 4.